The molecule has 2 aliphatic heterocycles. The summed E-state index contributed by atoms with van der Waals surface area (Å²) in [6.07, 6.45) is 6.81. The van der Waals surface area contributed by atoms with E-state index in [2.05, 4.69) is 17.9 Å². The standard InChI is InChI=1S/C11H16N2O/c1-3-4-9-7-10-8-12(2)5-6-13(10)11(9)14/h1,9-10H,4-8H2,2H3/t9-,10-/m0/s1. The average molecular weight is 192 g/mol. The molecule has 1 amide bonds. The lowest BCUT2D eigenvalue weighted by Gasteiger charge is -2.35. The van der Waals surface area contributed by atoms with Crippen LogP contribution in [0.15, 0.2) is 0 Å². The Bertz CT molecular complexity index is 282. The molecule has 0 aromatic heterocycles. The number of carbonyl (C=O) groups is 1. The van der Waals surface area contributed by atoms with Gasteiger partial charge in [-0.25, -0.2) is 0 Å². The number of likely N-dealkylation sites (N-methyl/N-ethyl adjacent to an activating group) is 1. The lowest BCUT2D eigenvalue weighted by Crippen LogP contribution is -2.49. The van der Waals surface area contributed by atoms with Crippen molar-refractivity contribution in [1.29, 1.82) is 0 Å². The van der Waals surface area contributed by atoms with Gasteiger partial charge in [-0.2, -0.15) is 0 Å². The summed E-state index contributed by atoms with van der Waals surface area (Å²) in [5.41, 5.74) is 0. The molecule has 2 heterocycles. The summed E-state index contributed by atoms with van der Waals surface area (Å²) in [6, 6.07) is 0.416. The van der Waals surface area contributed by atoms with Crippen molar-refractivity contribution in [2.75, 3.05) is 26.7 Å². The van der Waals surface area contributed by atoms with Crippen LogP contribution in [0.4, 0.5) is 0 Å². The Morgan fingerprint density at radius 3 is 3.07 bits per heavy atom. The number of hydrogen-bond donors (Lipinski definition) is 0. The SMILES string of the molecule is C#CC[C@H]1C[C@H]2CN(C)CCN2C1=O. The van der Waals surface area contributed by atoms with Crippen LogP contribution in [0.2, 0.25) is 0 Å². The molecule has 0 aromatic carbocycles. The van der Waals surface area contributed by atoms with E-state index < -0.39 is 0 Å². The number of hydrogen-bond acceptors (Lipinski definition) is 2. The number of rotatable bonds is 1. The molecule has 0 N–H and O–H groups in total. The molecule has 0 spiro atoms. The van der Waals surface area contributed by atoms with Crippen LogP contribution in [-0.4, -0.2) is 48.4 Å². The number of amides is 1. The number of piperazine rings is 1. The van der Waals surface area contributed by atoms with Crippen LogP contribution in [-0.2, 0) is 4.79 Å². The maximum Gasteiger partial charge on any atom is 0.227 e. The molecule has 0 bridgehead atoms. The van der Waals surface area contributed by atoms with Crippen LogP contribution in [0.3, 0.4) is 0 Å². The van der Waals surface area contributed by atoms with E-state index in [1.807, 2.05) is 4.90 Å². The van der Waals surface area contributed by atoms with Gasteiger partial charge in [0.1, 0.15) is 0 Å². The fourth-order valence-corrected chi connectivity index (χ4v) is 2.48. The normalized spacial score (nSPS) is 32.9. The van der Waals surface area contributed by atoms with E-state index in [4.69, 9.17) is 6.42 Å². The Morgan fingerprint density at radius 1 is 1.57 bits per heavy atom. The maximum atomic E-state index is 11.8. The van der Waals surface area contributed by atoms with Crippen molar-refractivity contribution >= 4 is 5.91 Å². The maximum absolute atomic E-state index is 11.8. The zero-order valence-corrected chi connectivity index (χ0v) is 8.57. The van der Waals surface area contributed by atoms with Gasteiger partial charge < -0.3 is 9.80 Å². The van der Waals surface area contributed by atoms with Gasteiger partial charge in [-0.3, -0.25) is 4.79 Å². The van der Waals surface area contributed by atoms with E-state index in [9.17, 15) is 4.79 Å². The fraction of sp³-hybridized carbons (Fsp3) is 0.727. The zero-order valence-electron chi connectivity index (χ0n) is 8.57. The monoisotopic (exact) mass is 192 g/mol. The molecule has 0 radical (unpaired) electrons. The van der Waals surface area contributed by atoms with Crippen molar-refractivity contribution in [3.05, 3.63) is 0 Å². The minimum Gasteiger partial charge on any atom is -0.337 e. The van der Waals surface area contributed by atoms with E-state index in [0.29, 0.717) is 12.5 Å². The van der Waals surface area contributed by atoms with E-state index in [1.165, 1.54) is 0 Å². The number of carbonyl (C=O) groups excluding carboxylic acids is 1. The molecule has 2 atom stereocenters. The van der Waals surface area contributed by atoms with Crippen LogP contribution in [0.5, 0.6) is 0 Å². The number of terminal acetylenes is 1. The minimum absolute atomic E-state index is 0.0940. The molecule has 0 aliphatic carbocycles. The highest BCUT2D eigenvalue weighted by atomic mass is 16.2. The lowest BCUT2D eigenvalue weighted by molar-refractivity contribution is -0.133. The van der Waals surface area contributed by atoms with Crippen molar-refractivity contribution < 1.29 is 4.79 Å². The molecule has 3 heteroatoms. The first-order valence-corrected chi connectivity index (χ1v) is 5.15. The third-order valence-electron chi connectivity index (χ3n) is 3.24. The van der Waals surface area contributed by atoms with Crippen LogP contribution < -0.4 is 0 Å². The van der Waals surface area contributed by atoms with E-state index in [1.54, 1.807) is 0 Å². The van der Waals surface area contributed by atoms with Crippen molar-refractivity contribution in [1.82, 2.24) is 9.80 Å². The summed E-state index contributed by atoms with van der Waals surface area (Å²) in [7, 11) is 2.11. The summed E-state index contributed by atoms with van der Waals surface area (Å²) in [4.78, 5) is 16.1. The molecule has 2 saturated heterocycles. The minimum atomic E-state index is 0.0940. The van der Waals surface area contributed by atoms with Gasteiger partial charge in [0.25, 0.3) is 0 Å². The Balaban J connectivity index is 2.05. The molecular weight excluding hydrogens is 176 g/mol. The number of fused-ring (bicyclic) bond motifs is 1. The van der Waals surface area contributed by atoms with Crippen molar-refractivity contribution in [2.24, 2.45) is 5.92 Å². The topological polar surface area (TPSA) is 23.6 Å². The first-order valence-electron chi connectivity index (χ1n) is 5.15. The highest BCUT2D eigenvalue weighted by molar-refractivity contribution is 5.82. The van der Waals surface area contributed by atoms with Crippen molar-refractivity contribution in [3.8, 4) is 12.3 Å². The van der Waals surface area contributed by atoms with Crippen molar-refractivity contribution in [3.63, 3.8) is 0 Å². The van der Waals surface area contributed by atoms with Crippen LogP contribution >= 0.6 is 0 Å². The summed E-state index contributed by atoms with van der Waals surface area (Å²) in [6.45, 7) is 2.87. The van der Waals surface area contributed by atoms with E-state index in [0.717, 1.165) is 26.1 Å². The predicted molar refractivity (Wildman–Crippen MR) is 54.6 cm³/mol. The van der Waals surface area contributed by atoms with Gasteiger partial charge in [0, 0.05) is 32.1 Å². The molecule has 14 heavy (non-hydrogen) atoms. The van der Waals surface area contributed by atoms with E-state index in [-0.39, 0.29) is 11.8 Å². The van der Waals surface area contributed by atoms with Gasteiger partial charge in [-0.05, 0) is 13.5 Å². The second-order valence-corrected chi connectivity index (χ2v) is 4.29. The zero-order chi connectivity index (χ0) is 10.1. The lowest BCUT2D eigenvalue weighted by atomic mass is 10.0. The quantitative estimate of drug-likeness (QED) is 0.553. The first kappa shape index (κ1) is 9.54. The van der Waals surface area contributed by atoms with E-state index >= 15 is 0 Å². The van der Waals surface area contributed by atoms with Gasteiger partial charge >= 0.3 is 0 Å². The molecule has 0 aromatic rings. The Kier molecular flexibility index (Phi) is 2.47. The highest BCUT2D eigenvalue weighted by Crippen LogP contribution is 2.29. The Hall–Kier alpha value is -1.01. The number of nitrogens with zero attached hydrogens (tertiary/aromatic N) is 2. The molecule has 2 fully saturated rings. The molecule has 76 valence electrons. The smallest absolute Gasteiger partial charge is 0.227 e. The van der Waals surface area contributed by atoms with Gasteiger partial charge in [-0.15, -0.1) is 12.3 Å². The molecule has 3 nitrogen and oxygen atoms in total. The largest absolute Gasteiger partial charge is 0.337 e. The summed E-state index contributed by atoms with van der Waals surface area (Å²) < 4.78 is 0. The van der Waals surface area contributed by atoms with Gasteiger partial charge in [0.2, 0.25) is 5.91 Å². The molecule has 2 rings (SSSR count). The molecular formula is C11H16N2O. The fourth-order valence-electron chi connectivity index (χ4n) is 2.48. The Labute approximate surface area is 85.1 Å². The third-order valence-corrected chi connectivity index (χ3v) is 3.24. The Morgan fingerprint density at radius 2 is 2.36 bits per heavy atom. The van der Waals surface area contributed by atoms with Crippen LogP contribution in [0.25, 0.3) is 0 Å². The van der Waals surface area contributed by atoms with Gasteiger partial charge in [0.05, 0.1) is 5.92 Å². The van der Waals surface area contributed by atoms with Gasteiger partial charge in [0.15, 0.2) is 0 Å². The molecule has 0 unspecified atom stereocenters. The third kappa shape index (κ3) is 1.51. The second-order valence-electron chi connectivity index (χ2n) is 4.29. The first-order chi connectivity index (χ1) is 6.72. The second kappa shape index (κ2) is 3.62. The average Bonchev–Trinajstić information content (AvgIpc) is 2.44. The summed E-state index contributed by atoms with van der Waals surface area (Å²) >= 11 is 0. The highest BCUT2D eigenvalue weighted by Gasteiger charge is 2.40. The van der Waals surface area contributed by atoms with Crippen LogP contribution in [0, 0.1) is 18.3 Å². The molecule has 2 aliphatic rings. The molecule has 0 saturated carbocycles. The van der Waals surface area contributed by atoms with Crippen LogP contribution in [0.1, 0.15) is 12.8 Å². The van der Waals surface area contributed by atoms with Gasteiger partial charge in [-0.1, -0.05) is 0 Å². The summed E-state index contributed by atoms with van der Waals surface area (Å²) in [5.74, 6) is 2.97. The van der Waals surface area contributed by atoms with Crippen molar-refractivity contribution in [2.45, 2.75) is 18.9 Å². The predicted octanol–water partition coefficient (Wildman–Crippen LogP) is 0.172. The summed E-state index contributed by atoms with van der Waals surface area (Å²) in [5, 5.41) is 0.